The van der Waals surface area contributed by atoms with Crippen molar-refractivity contribution in [3.05, 3.63) is 29.8 Å². The highest BCUT2D eigenvalue weighted by Gasteiger charge is 2.30. The van der Waals surface area contributed by atoms with Crippen LogP contribution in [0, 0.1) is 11.6 Å². The van der Waals surface area contributed by atoms with Crippen molar-refractivity contribution in [1.29, 1.82) is 0 Å². The van der Waals surface area contributed by atoms with Crippen LogP contribution in [0.25, 0.3) is 0 Å². The molecule has 0 amide bonds. The Labute approximate surface area is 104 Å². The zero-order chi connectivity index (χ0) is 13.3. The maximum absolute atomic E-state index is 13.5. The Morgan fingerprint density at radius 3 is 2.39 bits per heavy atom. The summed E-state index contributed by atoms with van der Waals surface area (Å²) in [4.78, 5) is -0.528. The van der Waals surface area contributed by atoms with Gasteiger partial charge in [0.25, 0.3) is 0 Å². The maximum Gasteiger partial charge on any atom is 0.245 e. The highest BCUT2D eigenvalue weighted by molar-refractivity contribution is 7.89. The summed E-state index contributed by atoms with van der Waals surface area (Å²) < 4.78 is 51.6. The predicted octanol–water partition coefficient (Wildman–Crippen LogP) is 1.11. The monoisotopic (exact) mass is 277 g/mol. The summed E-state index contributed by atoms with van der Waals surface area (Å²) in [6.45, 7) is 0.278. The number of piperidine rings is 1. The highest BCUT2D eigenvalue weighted by Crippen LogP contribution is 2.23. The first-order valence-corrected chi connectivity index (χ1v) is 6.98. The van der Waals surface area contributed by atoms with Gasteiger partial charge in [0.2, 0.25) is 10.0 Å². The summed E-state index contributed by atoms with van der Waals surface area (Å²) in [5.74, 6) is -1.92. The molecule has 0 saturated carbocycles. The lowest BCUT2D eigenvalue weighted by Crippen LogP contribution is -2.40. The second-order valence-electron chi connectivity index (χ2n) is 4.21. The molecule has 0 spiro atoms. The van der Waals surface area contributed by atoms with Crippen molar-refractivity contribution in [3.63, 3.8) is 0 Å². The van der Waals surface area contributed by atoms with E-state index in [0.29, 0.717) is 18.9 Å². The average Bonchev–Trinajstić information content (AvgIpc) is 2.29. The molecule has 1 aliphatic heterocycles. The van der Waals surface area contributed by atoms with Gasteiger partial charge in [0, 0.05) is 19.2 Å². The molecule has 2 rings (SSSR count). The van der Waals surface area contributed by atoms with E-state index in [1.54, 1.807) is 0 Å². The summed E-state index contributed by atoms with van der Waals surface area (Å²) in [7, 11) is -3.95. The third-order valence-electron chi connectivity index (χ3n) is 2.94. The molecule has 1 aliphatic rings. The molecule has 4 nitrogen and oxygen atoms in total. The number of rotatable bonds is 2. The molecule has 7 heteroatoms. The van der Waals surface area contributed by atoms with Crippen molar-refractivity contribution in [2.75, 3.05) is 13.1 Å². The molecule has 0 radical (unpaired) electrons. The molecule has 0 unspecified atom stereocenters. The molecule has 1 aromatic carbocycles. The molecule has 0 aliphatic carbocycles. The van der Waals surface area contributed by atoms with Crippen molar-refractivity contribution in [1.82, 2.24) is 4.31 Å². The van der Waals surface area contributed by atoms with E-state index < -0.39 is 32.7 Å². The van der Waals surface area contributed by atoms with Crippen molar-refractivity contribution in [2.24, 2.45) is 0 Å². The van der Waals surface area contributed by atoms with Gasteiger partial charge in [-0.15, -0.1) is 0 Å². The first kappa shape index (κ1) is 13.4. The predicted molar refractivity (Wildman–Crippen MR) is 60.4 cm³/mol. The lowest BCUT2D eigenvalue weighted by Gasteiger charge is -2.28. The average molecular weight is 277 g/mol. The molecule has 1 aromatic rings. The number of hydrogen-bond acceptors (Lipinski definition) is 3. The topological polar surface area (TPSA) is 57.6 Å². The standard InChI is InChI=1S/C11H13F2NO3S/c12-8-1-2-11(10(13)7-8)18(16,17)14-5-3-9(15)4-6-14/h1-2,7,9,15H,3-6H2. The van der Waals surface area contributed by atoms with Crippen molar-refractivity contribution >= 4 is 10.0 Å². The van der Waals surface area contributed by atoms with Crippen LogP contribution >= 0.6 is 0 Å². The van der Waals surface area contributed by atoms with Gasteiger partial charge >= 0.3 is 0 Å². The SMILES string of the molecule is O=S(=O)(c1ccc(F)cc1F)N1CCC(O)CC1. The van der Waals surface area contributed by atoms with Crippen LogP contribution in [-0.2, 0) is 10.0 Å². The lowest BCUT2D eigenvalue weighted by atomic mass is 10.1. The van der Waals surface area contributed by atoms with E-state index >= 15 is 0 Å². The van der Waals surface area contributed by atoms with E-state index in [1.165, 1.54) is 0 Å². The van der Waals surface area contributed by atoms with Gasteiger partial charge in [0.15, 0.2) is 0 Å². The molecule has 100 valence electrons. The Hall–Kier alpha value is -1.05. The Morgan fingerprint density at radius 1 is 1.22 bits per heavy atom. The fourth-order valence-corrected chi connectivity index (χ4v) is 3.42. The molecule has 1 N–H and O–H groups in total. The number of sulfonamides is 1. The van der Waals surface area contributed by atoms with Crippen molar-refractivity contribution in [3.8, 4) is 0 Å². The van der Waals surface area contributed by atoms with Gasteiger partial charge in [0.05, 0.1) is 6.10 Å². The summed E-state index contributed by atoms with van der Waals surface area (Å²) in [5.41, 5.74) is 0. The fraction of sp³-hybridized carbons (Fsp3) is 0.455. The smallest absolute Gasteiger partial charge is 0.245 e. The zero-order valence-corrected chi connectivity index (χ0v) is 10.3. The molecule has 18 heavy (non-hydrogen) atoms. The van der Waals surface area contributed by atoms with Crippen molar-refractivity contribution < 1.29 is 22.3 Å². The first-order chi connectivity index (χ1) is 8.41. The minimum absolute atomic E-state index is 0.139. The second-order valence-corrected chi connectivity index (χ2v) is 6.12. The van der Waals surface area contributed by atoms with E-state index in [4.69, 9.17) is 0 Å². The van der Waals surface area contributed by atoms with Crippen LogP contribution in [0.15, 0.2) is 23.1 Å². The van der Waals surface area contributed by atoms with E-state index in [1.807, 2.05) is 0 Å². The summed E-state index contributed by atoms with van der Waals surface area (Å²) in [6, 6.07) is 2.38. The summed E-state index contributed by atoms with van der Waals surface area (Å²) in [6.07, 6.45) is 0.124. The zero-order valence-electron chi connectivity index (χ0n) is 9.51. The minimum atomic E-state index is -3.95. The normalized spacial score (nSPS) is 19.1. The van der Waals surface area contributed by atoms with Gasteiger partial charge in [-0.2, -0.15) is 4.31 Å². The third kappa shape index (κ3) is 2.52. The Kier molecular flexibility index (Phi) is 3.65. The van der Waals surface area contributed by atoms with Gasteiger partial charge in [0.1, 0.15) is 16.5 Å². The third-order valence-corrected chi connectivity index (χ3v) is 4.87. The highest BCUT2D eigenvalue weighted by atomic mass is 32.2. The second kappa shape index (κ2) is 4.91. The molecular weight excluding hydrogens is 264 g/mol. The number of hydrogen-bond donors (Lipinski definition) is 1. The Balaban J connectivity index is 2.30. The molecule has 1 fully saturated rings. The number of nitrogens with zero attached hydrogens (tertiary/aromatic N) is 1. The van der Waals surface area contributed by atoms with Crippen LogP contribution in [0.1, 0.15) is 12.8 Å². The van der Waals surface area contributed by atoms with E-state index in [-0.39, 0.29) is 13.1 Å². The van der Waals surface area contributed by atoms with Crippen LogP contribution in [0.4, 0.5) is 8.78 Å². The number of benzene rings is 1. The fourth-order valence-electron chi connectivity index (χ4n) is 1.91. The molecule has 0 aromatic heterocycles. The van der Waals surface area contributed by atoms with Gasteiger partial charge in [-0.05, 0) is 25.0 Å². The molecule has 1 heterocycles. The summed E-state index contributed by atoms with van der Waals surface area (Å²) >= 11 is 0. The van der Waals surface area contributed by atoms with Gasteiger partial charge in [-0.3, -0.25) is 0 Å². The van der Waals surface area contributed by atoms with Gasteiger partial charge in [-0.1, -0.05) is 0 Å². The molecule has 0 bridgehead atoms. The van der Waals surface area contributed by atoms with Crippen LogP contribution in [0.5, 0.6) is 0 Å². The van der Waals surface area contributed by atoms with Gasteiger partial charge < -0.3 is 5.11 Å². The van der Waals surface area contributed by atoms with Crippen LogP contribution in [-0.4, -0.2) is 37.0 Å². The van der Waals surface area contributed by atoms with Crippen LogP contribution < -0.4 is 0 Å². The number of aliphatic hydroxyl groups excluding tert-OH is 1. The summed E-state index contributed by atoms with van der Waals surface area (Å²) in [5, 5.41) is 9.31. The quantitative estimate of drug-likeness (QED) is 0.881. The van der Waals surface area contributed by atoms with Crippen LogP contribution in [0.3, 0.4) is 0 Å². The molecule has 1 saturated heterocycles. The number of halogens is 2. The maximum atomic E-state index is 13.5. The van der Waals surface area contributed by atoms with Gasteiger partial charge in [-0.25, -0.2) is 17.2 Å². The largest absolute Gasteiger partial charge is 0.393 e. The lowest BCUT2D eigenvalue weighted by molar-refractivity contribution is 0.113. The number of aliphatic hydroxyl groups is 1. The van der Waals surface area contributed by atoms with Crippen LogP contribution in [0.2, 0.25) is 0 Å². The first-order valence-electron chi connectivity index (χ1n) is 5.54. The Morgan fingerprint density at radius 2 is 1.83 bits per heavy atom. The minimum Gasteiger partial charge on any atom is -0.393 e. The van der Waals surface area contributed by atoms with Crippen molar-refractivity contribution in [2.45, 2.75) is 23.8 Å². The molecular formula is C11H13F2NO3S. The van der Waals surface area contributed by atoms with E-state index in [0.717, 1.165) is 16.4 Å². The Bertz CT molecular complexity index is 539. The molecule has 0 atom stereocenters. The van der Waals surface area contributed by atoms with E-state index in [2.05, 4.69) is 0 Å². The van der Waals surface area contributed by atoms with E-state index in [9.17, 15) is 22.3 Å².